The second kappa shape index (κ2) is 8.63. The predicted molar refractivity (Wildman–Crippen MR) is 165 cm³/mol. The summed E-state index contributed by atoms with van der Waals surface area (Å²) in [6, 6.07) is 0. The van der Waals surface area contributed by atoms with Gasteiger partial charge in [-0.15, -0.1) is 0 Å². The van der Waals surface area contributed by atoms with Gasteiger partial charge in [0.1, 0.15) is 0 Å². The fraction of sp³-hybridized carbons (Fsp3) is 0.919. The topological polar surface area (TPSA) is 32.3 Å². The van der Waals surface area contributed by atoms with Gasteiger partial charge in [0.15, 0.2) is 0 Å². The van der Waals surface area contributed by atoms with Gasteiger partial charge in [-0.3, -0.25) is 4.79 Å². The highest BCUT2D eigenvalue weighted by atomic mass is 16.2. The highest BCUT2D eigenvalue weighted by molar-refractivity contribution is 5.87. The van der Waals surface area contributed by atoms with E-state index in [4.69, 9.17) is 0 Å². The SMILES string of the molecule is CC1CCC2(C)C3(CCC4(C)C23CCC2=C3CC(C)(C)CCC3(C(=O)NCCCN3CCCC3)CC[C@]24C)C1C. The van der Waals surface area contributed by atoms with Crippen molar-refractivity contribution < 1.29 is 4.79 Å². The van der Waals surface area contributed by atoms with Crippen LogP contribution in [0.4, 0.5) is 0 Å². The van der Waals surface area contributed by atoms with Crippen LogP contribution in [0.3, 0.4) is 0 Å². The molecule has 0 aromatic rings. The van der Waals surface area contributed by atoms with Crippen LogP contribution in [0.15, 0.2) is 11.1 Å². The Balaban J connectivity index is 1.22. The van der Waals surface area contributed by atoms with E-state index in [1.165, 1.54) is 77.3 Å². The predicted octanol–water partition coefficient (Wildman–Crippen LogP) is 8.53. The Kier molecular flexibility index (Phi) is 6.03. The van der Waals surface area contributed by atoms with Gasteiger partial charge in [0.2, 0.25) is 5.91 Å². The third-order valence-electron chi connectivity index (χ3n) is 16.4. The zero-order valence-corrected chi connectivity index (χ0v) is 27.2. The first kappa shape index (κ1) is 28.0. The van der Waals surface area contributed by atoms with Crippen LogP contribution < -0.4 is 5.32 Å². The van der Waals surface area contributed by atoms with E-state index in [1.807, 2.05) is 0 Å². The Labute approximate surface area is 246 Å². The second-order valence-electron chi connectivity index (χ2n) is 17.7. The first-order valence-electron chi connectivity index (χ1n) is 17.6. The lowest BCUT2D eigenvalue weighted by Crippen LogP contribution is -2.57. The maximum absolute atomic E-state index is 14.3. The van der Waals surface area contributed by atoms with E-state index in [2.05, 4.69) is 58.7 Å². The highest BCUT2D eigenvalue weighted by Crippen LogP contribution is 3.00. The number of fused-ring (bicyclic) bond motifs is 3. The molecule has 1 aliphatic heterocycles. The molecule has 0 radical (unpaired) electrons. The first-order chi connectivity index (χ1) is 18.8. The van der Waals surface area contributed by atoms with Crippen LogP contribution in [0.25, 0.3) is 0 Å². The number of hydrogen-bond donors (Lipinski definition) is 1. The van der Waals surface area contributed by atoms with Crippen molar-refractivity contribution in [3.8, 4) is 0 Å². The van der Waals surface area contributed by atoms with E-state index in [0.29, 0.717) is 33.0 Å². The summed E-state index contributed by atoms with van der Waals surface area (Å²) in [5.41, 5.74) is 5.70. The third kappa shape index (κ3) is 3.05. The zero-order chi connectivity index (χ0) is 28.4. The molecule has 1 saturated heterocycles. The number of allylic oxidation sites excluding steroid dienone is 1. The summed E-state index contributed by atoms with van der Waals surface area (Å²) in [5.74, 6) is 2.11. The molecule has 0 aromatic heterocycles. The summed E-state index contributed by atoms with van der Waals surface area (Å²) in [6.45, 7) is 22.8. The lowest BCUT2D eigenvalue weighted by Gasteiger charge is -2.63. The number of carbonyl (C=O) groups excluding carboxylic acids is 1. The molecule has 0 bridgehead atoms. The van der Waals surface area contributed by atoms with Gasteiger partial charge in [0.05, 0.1) is 5.41 Å². The quantitative estimate of drug-likeness (QED) is 0.276. The zero-order valence-electron chi connectivity index (χ0n) is 27.2. The molecular formula is C37H60N2O. The van der Waals surface area contributed by atoms with Crippen molar-refractivity contribution in [1.82, 2.24) is 10.2 Å². The molecule has 1 heterocycles. The van der Waals surface area contributed by atoms with Crippen LogP contribution in [0.1, 0.15) is 138 Å². The van der Waals surface area contributed by atoms with Crippen molar-refractivity contribution in [2.45, 2.75) is 138 Å². The lowest BCUT2D eigenvalue weighted by molar-refractivity contribution is -0.134. The van der Waals surface area contributed by atoms with Gasteiger partial charge in [-0.05, 0) is 154 Å². The van der Waals surface area contributed by atoms with E-state index in [0.717, 1.165) is 50.6 Å². The van der Waals surface area contributed by atoms with Crippen molar-refractivity contribution in [3.63, 3.8) is 0 Å². The van der Waals surface area contributed by atoms with Gasteiger partial charge in [0, 0.05) is 6.54 Å². The number of hydrogen-bond acceptors (Lipinski definition) is 2. The van der Waals surface area contributed by atoms with Crippen molar-refractivity contribution in [2.75, 3.05) is 26.2 Å². The van der Waals surface area contributed by atoms with E-state index < -0.39 is 0 Å². The lowest BCUT2D eigenvalue weighted by atomic mass is 9.41. The molecule has 6 fully saturated rings. The van der Waals surface area contributed by atoms with Crippen molar-refractivity contribution in [3.05, 3.63) is 11.1 Å². The molecule has 0 aromatic carbocycles. The summed E-state index contributed by atoms with van der Waals surface area (Å²) in [7, 11) is 0. The molecule has 7 unspecified atom stereocenters. The summed E-state index contributed by atoms with van der Waals surface area (Å²) in [4.78, 5) is 16.9. The molecule has 6 aliphatic carbocycles. The van der Waals surface area contributed by atoms with Gasteiger partial charge in [-0.2, -0.15) is 0 Å². The van der Waals surface area contributed by atoms with Crippen LogP contribution in [0.5, 0.6) is 0 Å². The van der Waals surface area contributed by atoms with Gasteiger partial charge < -0.3 is 10.2 Å². The van der Waals surface area contributed by atoms with Gasteiger partial charge in [0.25, 0.3) is 0 Å². The first-order valence-corrected chi connectivity index (χ1v) is 17.6. The summed E-state index contributed by atoms with van der Waals surface area (Å²) in [6.07, 6.45) is 17.9. The minimum absolute atomic E-state index is 0.239. The standard InChI is InChI=1S/C37H60N2O/c1-26-11-13-34(7)36(27(26)2)20-17-33(6)32(5)16-19-35(30(40)38-21-10-24-39-22-8-9-23-39)18-15-31(3,4)25-29(35)28(32)12-14-37(33,34)36/h26-27H,8-25H2,1-7H3,(H,38,40)/t26?,27?,32-,33?,34?,35?,36?,37?/m1/s1. The summed E-state index contributed by atoms with van der Waals surface area (Å²) >= 11 is 0. The second-order valence-corrected chi connectivity index (χ2v) is 17.7. The fourth-order valence-electron chi connectivity index (χ4n) is 14.0. The van der Waals surface area contributed by atoms with Crippen molar-refractivity contribution >= 4 is 5.91 Å². The molecule has 7 aliphatic rings. The smallest absolute Gasteiger partial charge is 0.230 e. The average molecular weight is 549 g/mol. The van der Waals surface area contributed by atoms with Crippen LogP contribution in [0, 0.1) is 49.7 Å². The minimum atomic E-state index is -0.239. The fourth-order valence-corrected chi connectivity index (χ4v) is 14.0. The number of amides is 1. The normalized spacial score (nSPS) is 50.9. The number of rotatable bonds is 5. The maximum Gasteiger partial charge on any atom is 0.230 e. The van der Waals surface area contributed by atoms with E-state index >= 15 is 0 Å². The Bertz CT molecular complexity index is 1120. The molecule has 5 saturated carbocycles. The van der Waals surface area contributed by atoms with Gasteiger partial charge in [-0.1, -0.05) is 59.6 Å². The largest absolute Gasteiger partial charge is 0.355 e. The van der Waals surface area contributed by atoms with Crippen molar-refractivity contribution in [2.24, 2.45) is 49.7 Å². The number of carbonyl (C=O) groups is 1. The molecule has 1 N–H and O–H groups in total. The Morgan fingerprint density at radius 1 is 0.850 bits per heavy atom. The molecule has 3 nitrogen and oxygen atoms in total. The summed E-state index contributed by atoms with van der Waals surface area (Å²) < 4.78 is 0. The monoisotopic (exact) mass is 548 g/mol. The molecule has 224 valence electrons. The summed E-state index contributed by atoms with van der Waals surface area (Å²) in [5, 5.41) is 3.53. The minimum Gasteiger partial charge on any atom is -0.355 e. The van der Waals surface area contributed by atoms with E-state index in [9.17, 15) is 4.79 Å². The molecule has 8 atom stereocenters. The molecule has 40 heavy (non-hydrogen) atoms. The average Bonchev–Trinajstić information content (AvgIpc) is 3.28. The maximum atomic E-state index is 14.3. The van der Waals surface area contributed by atoms with Crippen LogP contribution in [-0.2, 0) is 4.79 Å². The van der Waals surface area contributed by atoms with E-state index in [-0.39, 0.29) is 10.8 Å². The Morgan fingerprint density at radius 2 is 1.57 bits per heavy atom. The molecule has 1 amide bonds. The Morgan fingerprint density at radius 3 is 2.33 bits per heavy atom. The van der Waals surface area contributed by atoms with E-state index in [1.54, 1.807) is 11.1 Å². The molecule has 3 heteroatoms. The van der Waals surface area contributed by atoms with Gasteiger partial charge >= 0.3 is 0 Å². The number of nitrogens with zero attached hydrogens (tertiary/aromatic N) is 1. The van der Waals surface area contributed by atoms with Crippen molar-refractivity contribution in [1.29, 1.82) is 0 Å². The molecule has 2 spiro atoms. The molecule has 7 rings (SSSR count). The van der Waals surface area contributed by atoms with Gasteiger partial charge in [-0.25, -0.2) is 0 Å². The van der Waals surface area contributed by atoms with Crippen LogP contribution >= 0.6 is 0 Å². The third-order valence-corrected chi connectivity index (χ3v) is 16.4. The van der Waals surface area contributed by atoms with Crippen LogP contribution in [-0.4, -0.2) is 37.0 Å². The number of nitrogens with one attached hydrogen (secondary N) is 1. The highest BCUT2D eigenvalue weighted by Gasteiger charge is 2.94. The molecular weight excluding hydrogens is 488 g/mol. The Hall–Kier alpha value is -0.830. The number of likely N-dealkylation sites (tertiary alicyclic amines) is 1. The van der Waals surface area contributed by atoms with Crippen LogP contribution in [0.2, 0.25) is 0 Å².